The maximum Gasteiger partial charge on any atom is 0.258 e. The van der Waals surface area contributed by atoms with Gasteiger partial charge in [0.25, 0.3) is 5.91 Å². The summed E-state index contributed by atoms with van der Waals surface area (Å²) < 4.78 is 1.08. The van der Waals surface area contributed by atoms with Gasteiger partial charge in [-0.05, 0) is 60.1 Å². The van der Waals surface area contributed by atoms with Crippen molar-refractivity contribution in [1.29, 1.82) is 0 Å². The molecule has 4 aromatic carbocycles. The van der Waals surface area contributed by atoms with Gasteiger partial charge in [-0.2, -0.15) is 0 Å². The van der Waals surface area contributed by atoms with E-state index in [4.69, 9.17) is 35.4 Å². The van der Waals surface area contributed by atoms with E-state index in [2.05, 4.69) is 15.6 Å². The quantitative estimate of drug-likeness (QED) is 0.247. The average molecular weight is 508 g/mol. The number of rotatable bonds is 3. The molecule has 2 N–H and O–H groups in total. The first-order valence-corrected chi connectivity index (χ1v) is 11.9. The molecule has 0 aliphatic rings. The summed E-state index contributed by atoms with van der Waals surface area (Å²) >= 11 is 19.7. The lowest BCUT2D eigenvalue weighted by Crippen LogP contribution is -2.34. The molecule has 4 nitrogen and oxygen atoms in total. The van der Waals surface area contributed by atoms with Gasteiger partial charge in [0.05, 0.1) is 15.2 Å². The molecule has 33 heavy (non-hydrogen) atoms. The number of carbonyl (C=O) groups excluding carboxylic acids is 1. The number of thiazole rings is 1. The van der Waals surface area contributed by atoms with Gasteiger partial charge in [0, 0.05) is 27.2 Å². The third kappa shape index (κ3) is 4.43. The zero-order valence-corrected chi connectivity index (χ0v) is 20.1. The molecule has 0 saturated heterocycles. The highest BCUT2D eigenvalue weighted by Crippen LogP contribution is 2.36. The van der Waals surface area contributed by atoms with Gasteiger partial charge in [-0.15, -0.1) is 11.3 Å². The van der Waals surface area contributed by atoms with Crippen molar-refractivity contribution in [2.45, 2.75) is 0 Å². The molecule has 0 fully saturated rings. The highest BCUT2D eigenvalue weighted by molar-refractivity contribution is 7.80. The molecule has 0 aliphatic heterocycles. The van der Waals surface area contributed by atoms with Gasteiger partial charge in [0.15, 0.2) is 5.11 Å². The Labute approximate surface area is 209 Å². The minimum Gasteiger partial charge on any atom is -0.332 e. The number of carbonyl (C=O) groups is 1. The number of nitrogens with one attached hydrogen (secondary N) is 2. The summed E-state index contributed by atoms with van der Waals surface area (Å²) in [6.45, 7) is 0. The van der Waals surface area contributed by atoms with Crippen molar-refractivity contribution in [3.05, 3.63) is 94.5 Å². The molecule has 0 aliphatic carbocycles. The normalized spacial score (nSPS) is 11.0. The zero-order chi connectivity index (χ0) is 22.9. The zero-order valence-electron chi connectivity index (χ0n) is 16.9. The number of anilines is 1. The molecular weight excluding hydrogens is 493 g/mol. The van der Waals surface area contributed by atoms with Crippen LogP contribution in [0.15, 0.2) is 78.9 Å². The number of hydrogen-bond acceptors (Lipinski definition) is 4. The number of benzene rings is 4. The molecule has 0 saturated carbocycles. The summed E-state index contributed by atoms with van der Waals surface area (Å²) in [5.74, 6) is -0.319. The number of para-hydroxylation sites is 1. The maximum atomic E-state index is 12.9. The third-order valence-corrected chi connectivity index (χ3v) is 7.02. The number of amides is 1. The minimum atomic E-state index is -0.319. The molecule has 5 rings (SSSR count). The van der Waals surface area contributed by atoms with Crippen LogP contribution < -0.4 is 10.6 Å². The van der Waals surface area contributed by atoms with Crippen LogP contribution in [0.25, 0.3) is 31.6 Å². The topological polar surface area (TPSA) is 54.0 Å². The van der Waals surface area contributed by atoms with Crippen LogP contribution in [0.4, 0.5) is 5.69 Å². The second kappa shape index (κ2) is 9.08. The Morgan fingerprint density at radius 2 is 1.67 bits per heavy atom. The summed E-state index contributed by atoms with van der Waals surface area (Å²) in [4.78, 5) is 17.6. The first-order chi connectivity index (χ1) is 16.0. The number of nitrogens with zero attached hydrogens (tertiary/aromatic N) is 1. The average Bonchev–Trinajstić information content (AvgIpc) is 3.24. The number of thiocarbonyl (C=S) groups is 1. The van der Waals surface area contributed by atoms with Crippen LogP contribution in [0.1, 0.15) is 10.4 Å². The predicted molar refractivity (Wildman–Crippen MR) is 143 cm³/mol. The molecule has 1 heterocycles. The van der Waals surface area contributed by atoms with Gasteiger partial charge >= 0.3 is 0 Å². The van der Waals surface area contributed by atoms with E-state index in [1.165, 1.54) is 0 Å². The van der Waals surface area contributed by atoms with E-state index >= 15 is 0 Å². The Kier molecular flexibility index (Phi) is 6.00. The second-order valence-corrected chi connectivity index (χ2v) is 9.48. The molecule has 1 amide bonds. The van der Waals surface area contributed by atoms with E-state index in [0.29, 0.717) is 21.3 Å². The SMILES string of the molecule is O=C(NC(=S)Nc1ccc(Cl)c(-c2nc3ccccc3s2)c1)c1cccc2c(Cl)cccc12. The minimum absolute atomic E-state index is 0.177. The first kappa shape index (κ1) is 21.8. The van der Waals surface area contributed by atoms with E-state index in [1.54, 1.807) is 41.7 Å². The summed E-state index contributed by atoms with van der Waals surface area (Å²) in [7, 11) is 0. The van der Waals surface area contributed by atoms with Crippen LogP contribution in [-0.2, 0) is 0 Å². The van der Waals surface area contributed by atoms with Crippen molar-refractivity contribution >= 4 is 84.5 Å². The molecule has 5 aromatic rings. The van der Waals surface area contributed by atoms with Crippen molar-refractivity contribution in [2.24, 2.45) is 0 Å². The molecule has 0 atom stereocenters. The van der Waals surface area contributed by atoms with E-state index in [1.807, 2.05) is 48.5 Å². The molecule has 1 aromatic heterocycles. The van der Waals surface area contributed by atoms with Crippen LogP contribution in [-0.4, -0.2) is 16.0 Å². The molecular formula is C25H15Cl2N3OS2. The maximum absolute atomic E-state index is 12.9. The van der Waals surface area contributed by atoms with E-state index in [9.17, 15) is 4.79 Å². The van der Waals surface area contributed by atoms with Gasteiger partial charge in [-0.25, -0.2) is 4.98 Å². The summed E-state index contributed by atoms with van der Waals surface area (Å²) in [6, 6.07) is 24.3. The van der Waals surface area contributed by atoms with Crippen LogP contribution in [0, 0.1) is 0 Å². The molecule has 0 spiro atoms. The van der Waals surface area contributed by atoms with Crippen molar-refractivity contribution in [1.82, 2.24) is 10.3 Å². The number of halogens is 2. The smallest absolute Gasteiger partial charge is 0.258 e. The van der Waals surface area contributed by atoms with Gasteiger partial charge in [-0.3, -0.25) is 10.1 Å². The first-order valence-electron chi connectivity index (χ1n) is 9.95. The summed E-state index contributed by atoms with van der Waals surface area (Å²) in [5.41, 5.74) is 2.90. The van der Waals surface area contributed by atoms with Gasteiger partial charge in [0.2, 0.25) is 0 Å². The molecule has 162 valence electrons. The van der Waals surface area contributed by atoms with E-state index in [0.717, 1.165) is 31.6 Å². The van der Waals surface area contributed by atoms with Crippen molar-refractivity contribution < 1.29 is 4.79 Å². The lowest BCUT2D eigenvalue weighted by Gasteiger charge is -2.12. The van der Waals surface area contributed by atoms with E-state index in [-0.39, 0.29) is 11.0 Å². The monoisotopic (exact) mass is 507 g/mol. The Balaban J connectivity index is 1.37. The fourth-order valence-electron chi connectivity index (χ4n) is 3.56. The molecule has 0 radical (unpaired) electrons. The van der Waals surface area contributed by atoms with Gasteiger partial charge < -0.3 is 5.32 Å². The van der Waals surface area contributed by atoms with Crippen molar-refractivity contribution in [2.75, 3.05) is 5.32 Å². The predicted octanol–water partition coefficient (Wildman–Crippen LogP) is 7.55. The molecule has 8 heteroatoms. The fourth-order valence-corrected chi connectivity index (χ4v) is 5.26. The van der Waals surface area contributed by atoms with Crippen molar-refractivity contribution in [3.63, 3.8) is 0 Å². The van der Waals surface area contributed by atoms with E-state index < -0.39 is 0 Å². The number of hydrogen-bond donors (Lipinski definition) is 2. The lowest BCUT2D eigenvalue weighted by atomic mass is 10.0. The fraction of sp³-hybridized carbons (Fsp3) is 0. The van der Waals surface area contributed by atoms with Crippen LogP contribution in [0.5, 0.6) is 0 Å². The highest BCUT2D eigenvalue weighted by Gasteiger charge is 2.14. The van der Waals surface area contributed by atoms with Crippen LogP contribution in [0.3, 0.4) is 0 Å². The standard InChI is InChI=1S/C25H15Cl2N3OS2/c26-19-8-4-5-15-16(19)6-3-7-17(15)23(31)30-25(32)28-14-11-12-20(27)18(13-14)24-29-21-9-1-2-10-22(21)33-24/h1-13H,(H2,28,30,31,32). The highest BCUT2D eigenvalue weighted by atomic mass is 35.5. The Morgan fingerprint density at radius 3 is 2.52 bits per heavy atom. The number of aromatic nitrogens is 1. The van der Waals surface area contributed by atoms with Gasteiger partial charge in [0.1, 0.15) is 5.01 Å². The van der Waals surface area contributed by atoms with Crippen molar-refractivity contribution in [3.8, 4) is 10.6 Å². The summed E-state index contributed by atoms with van der Waals surface area (Å²) in [5, 5.41) is 9.54. The van der Waals surface area contributed by atoms with Crippen LogP contribution >= 0.6 is 46.8 Å². The lowest BCUT2D eigenvalue weighted by molar-refractivity contribution is 0.0979. The Bertz CT molecular complexity index is 1510. The number of fused-ring (bicyclic) bond motifs is 2. The van der Waals surface area contributed by atoms with Crippen LogP contribution in [0.2, 0.25) is 10.0 Å². The molecule has 0 bridgehead atoms. The molecule has 0 unspecified atom stereocenters. The second-order valence-electron chi connectivity index (χ2n) is 7.23. The summed E-state index contributed by atoms with van der Waals surface area (Å²) in [6.07, 6.45) is 0. The van der Waals surface area contributed by atoms with Gasteiger partial charge in [-0.1, -0.05) is 59.6 Å². The Hall–Kier alpha value is -3.03. The largest absolute Gasteiger partial charge is 0.332 e. The Morgan fingerprint density at radius 1 is 0.879 bits per heavy atom. The third-order valence-electron chi connectivity index (χ3n) is 5.09.